The van der Waals surface area contributed by atoms with Crippen LogP contribution in [0.5, 0.6) is 0 Å². The van der Waals surface area contributed by atoms with Crippen LogP contribution in [-0.4, -0.2) is 106 Å². The van der Waals surface area contributed by atoms with E-state index in [-0.39, 0.29) is 6.54 Å². The highest BCUT2D eigenvalue weighted by Crippen LogP contribution is 2.26. The molecule has 40 heavy (non-hydrogen) atoms. The quantitative estimate of drug-likeness (QED) is 0.120. The molecule has 0 aliphatic carbocycles. The van der Waals surface area contributed by atoms with Crippen molar-refractivity contribution in [2.75, 3.05) is 13.2 Å². The minimum absolute atomic E-state index is 0.252. The number of aliphatic imine (C=N–C) groups is 2. The topological polar surface area (TPSA) is 180 Å². The number of benzene rings is 2. The molecule has 0 amide bonds. The van der Waals surface area contributed by atoms with E-state index in [1.165, 1.54) is 12.4 Å². The smallest absolute Gasteiger partial charge is 0.303 e. The lowest BCUT2D eigenvalue weighted by atomic mass is 9.99. The zero-order valence-electron chi connectivity index (χ0n) is 22.0. The fourth-order valence-corrected chi connectivity index (χ4v) is 3.99. The van der Waals surface area contributed by atoms with Gasteiger partial charge >= 0.3 is 5.97 Å². The molecule has 12 nitrogen and oxygen atoms in total. The standard InChI is InChI=1S/C28H36N2O10/c1-18(33)37-27-25(35)23(17-32)40-28(26(27)36)39-21(14-29-12-19-8-4-2-5-9-19)22(16-31)38-24(34)15-30-13-20-10-6-3-7-11-20/h2-11,14-15,21-28,31-32,34-36H,12-13,16-17H2,1H3/t21-,22+,23-,24-,25-,26+,27+,28-/m0/s1. The normalized spacial score (nSPS) is 25.6. The summed E-state index contributed by atoms with van der Waals surface area (Å²) in [6.07, 6.45) is -8.84. The molecule has 0 unspecified atom stereocenters. The van der Waals surface area contributed by atoms with E-state index in [2.05, 4.69) is 9.98 Å². The number of aliphatic hydroxyl groups is 5. The summed E-state index contributed by atoms with van der Waals surface area (Å²) in [5, 5.41) is 51.3. The Morgan fingerprint density at radius 2 is 1.52 bits per heavy atom. The molecular weight excluding hydrogens is 524 g/mol. The predicted octanol–water partition coefficient (Wildman–Crippen LogP) is -0.0198. The largest absolute Gasteiger partial charge is 0.457 e. The third-order valence-corrected chi connectivity index (χ3v) is 5.99. The van der Waals surface area contributed by atoms with Gasteiger partial charge in [-0.3, -0.25) is 14.8 Å². The first-order valence-corrected chi connectivity index (χ1v) is 12.8. The molecule has 1 aliphatic heterocycles. The molecule has 1 fully saturated rings. The van der Waals surface area contributed by atoms with E-state index in [0.717, 1.165) is 18.1 Å². The van der Waals surface area contributed by atoms with Crippen molar-refractivity contribution in [3.63, 3.8) is 0 Å². The van der Waals surface area contributed by atoms with Gasteiger partial charge < -0.3 is 44.5 Å². The Hall–Kier alpha value is -3.07. The van der Waals surface area contributed by atoms with Crippen molar-refractivity contribution >= 4 is 18.4 Å². The van der Waals surface area contributed by atoms with Crippen LogP contribution < -0.4 is 0 Å². The maximum Gasteiger partial charge on any atom is 0.303 e. The minimum Gasteiger partial charge on any atom is -0.457 e. The Labute approximate surface area is 232 Å². The molecule has 2 aromatic carbocycles. The molecule has 0 spiro atoms. The third-order valence-electron chi connectivity index (χ3n) is 5.99. The van der Waals surface area contributed by atoms with Gasteiger partial charge in [-0.15, -0.1) is 0 Å². The van der Waals surface area contributed by atoms with Crippen molar-refractivity contribution in [3.8, 4) is 0 Å². The number of aliphatic hydroxyl groups excluding tert-OH is 5. The van der Waals surface area contributed by atoms with Gasteiger partial charge in [0.05, 0.1) is 32.5 Å². The Morgan fingerprint density at radius 1 is 0.950 bits per heavy atom. The number of rotatable bonds is 14. The van der Waals surface area contributed by atoms with Gasteiger partial charge in [0.2, 0.25) is 0 Å². The SMILES string of the molecule is CC(=O)O[C@@H]1[C@@H](O)[C@H](CO)O[C@H](O[C@@H](C=NCc2ccccc2)[C@@H](CO)O[C@H](O)C=NCc2ccccc2)[C@@H]1O. The van der Waals surface area contributed by atoms with Crippen LogP contribution in [0.15, 0.2) is 70.6 Å². The van der Waals surface area contributed by atoms with E-state index in [4.69, 9.17) is 18.9 Å². The summed E-state index contributed by atoms with van der Waals surface area (Å²) in [5.74, 6) is -0.768. The van der Waals surface area contributed by atoms with E-state index < -0.39 is 68.4 Å². The molecule has 0 saturated carbocycles. The van der Waals surface area contributed by atoms with Crippen LogP contribution in [0, 0.1) is 0 Å². The molecule has 0 aromatic heterocycles. The summed E-state index contributed by atoms with van der Waals surface area (Å²) in [7, 11) is 0. The number of esters is 1. The van der Waals surface area contributed by atoms with Gasteiger partial charge in [-0.05, 0) is 11.1 Å². The molecule has 12 heteroatoms. The zero-order chi connectivity index (χ0) is 28.9. The van der Waals surface area contributed by atoms with Crippen molar-refractivity contribution in [1.82, 2.24) is 0 Å². The Bertz CT molecular complexity index is 1070. The zero-order valence-corrected chi connectivity index (χ0v) is 22.0. The predicted molar refractivity (Wildman–Crippen MR) is 143 cm³/mol. The fourth-order valence-electron chi connectivity index (χ4n) is 3.99. The van der Waals surface area contributed by atoms with Gasteiger partial charge in [0.15, 0.2) is 18.7 Å². The second-order valence-electron chi connectivity index (χ2n) is 9.08. The van der Waals surface area contributed by atoms with E-state index in [1.807, 2.05) is 60.7 Å². The first-order valence-electron chi connectivity index (χ1n) is 12.8. The second-order valence-corrected chi connectivity index (χ2v) is 9.08. The fraction of sp³-hybridized carbons (Fsp3) is 0.464. The Kier molecular flexibility index (Phi) is 12.8. The summed E-state index contributed by atoms with van der Waals surface area (Å²) in [4.78, 5) is 20.1. The summed E-state index contributed by atoms with van der Waals surface area (Å²) >= 11 is 0. The van der Waals surface area contributed by atoms with Crippen LogP contribution in [0.25, 0.3) is 0 Å². The van der Waals surface area contributed by atoms with E-state index in [1.54, 1.807) is 0 Å². The van der Waals surface area contributed by atoms with Gasteiger partial charge in [0, 0.05) is 13.1 Å². The van der Waals surface area contributed by atoms with Crippen LogP contribution in [0.2, 0.25) is 0 Å². The second kappa shape index (κ2) is 16.3. The molecule has 1 aliphatic rings. The molecule has 2 aromatic rings. The number of ether oxygens (including phenoxy) is 4. The van der Waals surface area contributed by atoms with Gasteiger partial charge in [-0.1, -0.05) is 60.7 Å². The lowest BCUT2D eigenvalue weighted by molar-refractivity contribution is -0.315. The average molecular weight is 561 g/mol. The number of nitrogens with zero attached hydrogens (tertiary/aromatic N) is 2. The number of carbonyl (C=O) groups excluding carboxylic acids is 1. The molecule has 1 heterocycles. The Morgan fingerprint density at radius 3 is 2.05 bits per heavy atom. The molecule has 8 atom stereocenters. The summed E-state index contributed by atoms with van der Waals surface area (Å²) in [6, 6.07) is 18.7. The van der Waals surface area contributed by atoms with Crippen molar-refractivity contribution in [3.05, 3.63) is 71.8 Å². The molecule has 0 radical (unpaired) electrons. The Balaban J connectivity index is 1.76. The van der Waals surface area contributed by atoms with Gasteiger partial charge in [-0.2, -0.15) is 0 Å². The molecule has 218 valence electrons. The van der Waals surface area contributed by atoms with Gasteiger partial charge in [0.1, 0.15) is 30.5 Å². The van der Waals surface area contributed by atoms with Crippen LogP contribution in [0.4, 0.5) is 0 Å². The van der Waals surface area contributed by atoms with Crippen molar-refractivity contribution < 1.29 is 49.3 Å². The van der Waals surface area contributed by atoms with Crippen LogP contribution >= 0.6 is 0 Å². The van der Waals surface area contributed by atoms with Crippen molar-refractivity contribution in [2.24, 2.45) is 9.98 Å². The lowest BCUT2D eigenvalue weighted by Gasteiger charge is -2.42. The number of hydrogen-bond acceptors (Lipinski definition) is 12. The van der Waals surface area contributed by atoms with Crippen molar-refractivity contribution in [2.45, 2.75) is 69.2 Å². The van der Waals surface area contributed by atoms with Crippen LogP contribution in [0.1, 0.15) is 18.1 Å². The highest BCUT2D eigenvalue weighted by Gasteiger charge is 2.48. The van der Waals surface area contributed by atoms with Crippen LogP contribution in [0.3, 0.4) is 0 Å². The minimum atomic E-state index is -1.66. The molecule has 3 rings (SSSR count). The number of hydrogen-bond donors (Lipinski definition) is 5. The maximum atomic E-state index is 11.6. The molecular formula is C28H36N2O10. The molecule has 5 N–H and O–H groups in total. The first kappa shape index (κ1) is 31.5. The van der Waals surface area contributed by atoms with Gasteiger partial charge in [0.25, 0.3) is 0 Å². The van der Waals surface area contributed by atoms with Gasteiger partial charge in [-0.25, -0.2) is 0 Å². The molecule has 0 bridgehead atoms. The molecule has 1 saturated heterocycles. The third kappa shape index (κ3) is 9.54. The highest BCUT2D eigenvalue weighted by molar-refractivity contribution is 5.66. The van der Waals surface area contributed by atoms with E-state index >= 15 is 0 Å². The summed E-state index contributed by atoms with van der Waals surface area (Å²) in [5.41, 5.74) is 1.81. The van der Waals surface area contributed by atoms with Crippen LogP contribution in [-0.2, 0) is 36.8 Å². The number of carbonyl (C=O) groups is 1. The van der Waals surface area contributed by atoms with Crippen molar-refractivity contribution in [1.29, 1.82) is 0 Å². The summed E-state index contributed by atoms with van der Waals surface area (Å²) < 4.78 is 22.0. The first-order chi connectivity index (χ1) is 19.3. The average Bonchev–Trinajstić information content (AvgIpc) is 2.95. The maximum absolute atomic E-state index is 11.6. The highest BCUT2D eigenvalue weighted by atomic mass is 16.7. The van der Waals surface area contributed by atoms with E-state index in [9.17, 15) is 30.3 Å². The van der Waals surface area contributed by atoms with E-state index in [0.29, 0.717) is 6.54 Å². The summed E-state index contributed by atoms with van der Waals surface area (Å²) in [6.45, 7) is 0.368. The monoisotopic (exact) mass is 560 g/mol. The lowest BCUT2D eigenvalue weighted by Crippen LogP contribution is -2.61.